The molecule has 27 heavy (non-hydrogen) atoms. The van der Waals surface area contributed by atoms with Crippen LogP contribution in [0.3, 0.4) is 0 Å². The van der Waals surface area contributed by atoms with Crippen molar-refractivity contribution < 1.29 is 14.0 Å². The lowest BCUT2D eigenvalue weighted by Crippen LogP contribution is -2.30. The van der Waals surface area contributed by atoms with Crippen molar-refractivity contribution in [3.63, 3.8) is 0 Å². The lowest BCUT2D eigenvalue weighted by atomic mass is 9.97. The number of hydrogen-bond acceptors (Lipinski definition) is 6. The van der Waals surface area contributed by atoms with E-state index in [2.05, 4.69) is 25.8 Å². The van der Waals surface area contributed by atoms with E-state index in [4.69, 9.17) is 14.0 Å². The van der Waals surface area contributed by atoms with Crippen molar-refractivity contribution in [1.82, 2.24) is 15.5 Å². The quantitative estimate of drug-likeness (QED) is 0.566. The van der Waals surface area contributed by atoms with Gasteiger partial charge in [-0.05, 0) is 26.0 Å². The molecule has 0 saturated carbocycles. The van der Waals surface area contributed by atoms with Crippen molar-refractivity contribution in [2.45, 2.75) is 46.6 Å². The van der Waals surface area contributed by atoms with Crippen LogP contribution < -0.4 is 20.1 Å². The molecular weight excluding hydrogens is 346 g/mol. The van der Waals surface area contributed by atoms with Gasteiger partial charge in [-0.25, -0.2) is 4.99 Å². The van der Waals surface area contributed by atoms with Crippen LogP contribution in [0.2, 0.25) is 0 Å². The number of aliphatic imine (C=N–C) groups is 1. The Balaban J connectivity index is 2.12. The molecule has 0 aliphatic heterocycles. The van der Waals surface area contributed by atoms with E-state index in [0.29, 0.717) is 42.3 Å². The molecule has 0 amide bonds. The molecule has 1 aromatic heterocycles. The Morgan fingerprint density at radius 2 is 2.00 bits per heavy atom. The van der Waals surface area contributed by atoms with Crippen molar-refractivity contribution in [3.8, 4) is 11.5 Å². The van der Waals surface area contributed by atoms with Gasteiger partial charge in [0.2, 0.25) is 5.89 Å². The second kappa shape index (κ2) is 9.25. The number of hydrogen-bond donors (Lipinski definition) is 2. The molecule has 8 nitrogen and oxygen atoms in total. The van der Waals surface area contributed by atoms with Crippen molar-refractivity contribution in [1.29, 1.82) is 0 Å². The number of anilines is 1. The average Bonchev–Trinajstić information content (AvgIpc) is 3.11. The summed E-state index contributed by atoms with van der Waals surface area (Å²) in [4.78, 5) is 8.93. The molecule has 0 unspecified atom stereocenters. The fourth-order valence-corrected chi connectivity index (χ4v) is 2.24. The van der Waals surface area contributed by atoms with Crippen LogP contribution in [0.25, 0.3) is 0 Å². The summed E-state index contributed by atoms with van der Waals surface area (Å²) in [5.41, 5.74) is 0.648. The Morgan fingerprint density at radius 3 is 2.59 bits per heavy atom. The number of nitrogens with one attached hydrogen (secondary N) is 2. The van der Waals surface area contributed by atoms with Crippen LogP contribution in [0.5, 0.6) is 11.5 Å². The third-order valence-electron chi connectivity index (χ3n) is 3.56. The summed E-state index contributed by atoms with van der Waals surface area (Å²) in [7, 11) is 1.62. The zero-order valence-electron chi connectivity index (χ0n) is 16.9. The maximum absolute atomic E-state index is 5.54. The maximum Gasteiger partial charge on any atom is 0.232 e. The first-order chi connectivity index (χ1) is 12.9. The van der Waals surface area contributed by atoms with Crippen LogP contribution in [0, 0.1) is 0 Å². The number of guanidine groups is 1. The molecule has 0 radical (unpaired) electrons. The Kier molecular flexibility index (Phi) is 7.04. The zero-order valence-corrected chi connectivity index (χ0v) is 16.9. The molecule has 0 fully saturated rings. The first kappa shape index (κ1) is 20.5. The summed E-state index contributed by atoms with van der Waals surface area (Å²) in [6.07, 6.45) is 0. The third-order valence-corrected chi connectivity index (χ3v) is 3.56. The van der Waals surface area contributed by atoms with Gasteiger partial charge in [-0.3, -0.25) is 0 Å². The summed E-state index contributed by atoms with van der Waals surface area (Å²) < 4.78 is 16.2. The number of methoxy groups -OCH3 is 1. The fourth-order valence-electron chi connectivity index (χ4n) is 2.24. The molecule has 0 bridgehead atoms. The average molecular weight is 375 g/mol. The largest absolute Gasteiger partial charge is 0.493 e. The van der Waals surface area contributed by atoms with E-state index >= 15 is 0 Å². The molecule has 148 valence electrons. The van der Waals surface area contributed by atoms with Gasteiger partial charge in [-0.2, -0.15) is 4.98 Å². The molecule has 0 atom stereocenters. The van der Waals surface area contributed by atoms with E-state index in [9.17, 15) is 0 Å². The van der Waals surface area contributed by atoms with Crippen LogP contribution in [-0.4, -0.2) is 36.4 Å². The molecule has 1 aromatic carbocycles. The van der Waals surface area contributed by atoms with Gasteiger partial charge >= 0.3 is 0 Å². The van der Waals surface area contributed by atoms with Crippen LogP contribution in [0.4, 0.5) is 5.69 Å². The number of rotatable bonds is 7. The van der Waals surface area contributed by atoms with Crippen LogP contribution in [0.15, 0.2) is 27.7 Å². The van der Waals surface area contributed by atoms with Gasteiger partial charge in [0, 0.05) is 23.7 Å². The normalized spacial score (nSPS) is 12.0. The van der Waals surface area contributed by atoms with E-state index in [0.717, 1.165) is 12.2 Å². The van der Waals surface area contributed by atoms with Crippen molar-refractivity contribution >= 4 is 11.6 Å². The highest BCUT2D eigenvalue weighted by molar-refractivity contribution is 5.93. The predicted octanol–water partition coefficient (Wildman–Crippen LogP) is 3.35. The van der Waals surface area contributed by atoms with Gasteiger partial charge in [0.25, 0.3) is 0 Å². The molecule has 0 spiro atoms. The molecule has 2 aromatic rings. The molecule has 2 N–H and O–H groups in total. The van der Waals surface area contributed by atoms with Gasteiger partial charge in [-0.1, -0.05) is 25.9 Å². The highest BCUT2D eigenvalue weighted by Gasteiger charge is 2.21. The van der Waals surface area contributed by atoms with Crippen LogP contribution in [0.1, 0.15) is 46.3 Å². The number of nitrogens with zero attached hydrogens (tertiary/aromatic N) is 3. The molecule has 0 saturated heterocycles. The number of benzene rings is 1. The highest BCUT2D eigenvalue weighted by Crippen LogP contribution is 2.30. The molecule has 0 aliphatic carbocycles. The zero-order chi connectivity index (χ0) is 19.9. The molecular formula is C19H29N5O3. The van der Waals surface area contributed by atoms with E-state index in [1.165, 1.54) is 0 Å². The summed E-state index contributed by atoms with van der Waals surface area (Å²) in [6, 6.07) is 5.64. The van der Waals surface area contributed by atoms with Gasteiger partial charge in [0.05, 0.1) is 13.7 Å². The van der Waals surface area contributed by atoms with Gasteiger partial charge in [0.1, 0.15) is 6.54 Å². The Hall–Kier alpha value is -2.77. The topological polar surface area (TPSA) is 93.8 Å². The molecule has 2 rings (SSSR count). The minimum absolute atomic E-state index is 0.184. The molecule has 0 aliphatic rings. The van der Waals surface area contributed by atoms with E-state index < -0.39 is 0 Å². The highest BCUT2D eigenvalue weighted by atomic mass is 16.5. The summed E-state index contributed by atoms with van der Waals surface area (Å²) in [5, 5.41) is 10.4. The fraction of sp³-hybridized carbons (Fsp3) is 0.526. The lowest BCUT2D eigenvalue weighted by molar-refractivity contribution is 0.311. The second-order valence-corrected chi connectivity index (χ2v) is 6.88. The van der Waals surface area contributed by atoms with Crippen molar-refractivity contribution in [2.24, 2.45) is 4.99 Å². The standard InChI is InChI=1S/C19H29N5O3/c1-7-20-18(21-12-16-23-17(27-24-16)19(3,4)5)22-13-9-10-14(26-8-2)15(11-13)25-6/h9-11H,7-8,12H2,1-6H3,(H2,20,21,22). The maximum atomic E-state index is 5.54. The molecule has 1 heterocycles. The van der Waals surface area contributed by atoms with E-state index in [1.54, 1.807) is 7.11 Å². The van der Waals surface area contributed by atoms with Crippen molar-refractivity contribution in [2.75, 3.05) is 25.6 Å². The number of aromatic nitrogens is 2. The predicted molar refractivity (Wildman–Crippen MR) is 106 cm³/mol. The SMILES string of the molecule is CCNC(=NCc1noc(C(C)(C)C)n1)Nc1ccc(OCC)c(OC)c1. The second-order valence-electron chi connectivity index (χ2n) is 6.88. The van der Waals surface area contributed by atoms with Crippen molar-refractivity contribution in [3.05, 3.63) is 29.9 Å². The summed E-state index contributed by atoms with van der Waals surface area (Å²) in [5.74, 6) is 3.12. The first-order valence-electron chi connectivity index (χ1n) is 9.06. The van der Waals surface area contributed by atoms with E-state index in [1.807, 2.05) is 52.8 Å². The van der Waals surface area contributed by atoms with Crippen LogP contribution in [-0.2, 0) is 12.0 Å². The lowest BCUT2D eigenvalue weighted by Gasteiger charge is -2.14. The third kappa shape index (κ3) is 5.87. The number of ether oxygens (including phenoxy) is 2. The smallest absolute Gasteiger partial charge is 0.232 e. The Bertz CT molecular complexity index is 765. The monoisotopic (exact) mass is 375 g/mol. The van der Waals surface area contributed by atoms with Gasteiger partial charge in [-0.15, -0.1) is 0 Å². The first-order valence-corrected chi connectivity index (χ1v) is 9.06. The summed E-state index contributed by atoms with van der Waals surface area (Å²) >= 11 is 0. The summed E-state index contributed by atoms with van der Waals surface area (Å²) in [6.45, 7) is 11.6. The Labute approximate surface area is 160 Å². The Morgan fingerprint density at radius 1 is 1.22 bits per heavy atom. The van der Waals surface area contributed by atoms with Crippen LogP contribution >= 0.6 is 0 Å². The van der Waals surface area contributed by atoms with E-state index in [-0.39, 0.29) is 5.41 Å². The minimum Gasteiger partial charge on any atom is -0.493 e. The minimum atomic E-state index is -0.184. The van der Waals surface area contributed by atoms with Gasteiger partial charge < -0.3 is 24.6 Å². The molecule has 8 heteroatoms. The van der Waals surface area contributed by atoms with Gasteiger partial charge in [0.15, 0.2) is 23.3 Å².